The molecule has 4 nitrogen and oxygen atoms in total. The largest absolute Gasteiger partial charge is 0.396 e. The highest BCUT2D eigenvalue weighted by atomic mass is 35.5. The van der Waals surface area contributed by atoms with Crippen molar-refractivity contribution in [2.24, 2.45) is 0 Å². The molecule has 5 heteroatoms. The van der Waals surface area contributed by atoms with Crippen LogP contribution in [0.5, 0.6) is 0 Å². The minimum atomic E-state index is 0.246. The smallest absolute Gasteiger partial charge is 0.147 e. The van der Waals surface area contributed by atoms with E-state index in [9.17, 15) is 0 Å². The first kappa shape index (κ1) is 12.7. The topological polar surface area (TPSA) is 49.2 Å². The zero-order valence-corrected chi connectivity index (χ0v) is 10.6. The lowest BCUT2D eigenvalue weighted by molar-refractivity contribution is 0.108. The maximum atomic E-state index is 8.92. The van der Waals surface area contributed by atoms with Crippen molar-refractivity contribution in [3.05, 3.63) is 23.2 Å². The number of hydrogen-bond donors (Lipinski definition) is 1. The molecule has 1 aromatic heterocycles. The van der Waals surface area contributed by atoms with Gasteiger partial charge in [-0.15, -0.1) is 0 Å². The van der Waals surface area contributed by atoms with Gasteiger partial charge in [-0.25, -0.2) is 4.98 Å². The van der Waals surface area contributed by atoms with E-state index in [-0.39, 0.29) is 6.61 Å². The summed E-state index contributed by atoms with van der Waals surface area (Å²) in [5.74, 6) is 0. The van der Waals surface area contributed by atoms with Gasteiger partial charge in [0.2, 0.25) is 0 Å². The van der Waals surface area contributed by atoms with Crippen molar-refractivity contribution in [1.82, 2.24) is 14.9 Å². The molecule has 94 valence electrons. The Morgan fingerprint density at radius 1 is 1.35 bits per heavy atom. The molecule has 0 amide bonds. The fourth-order valence-corrected chi connectivity index (χ4v) is 2.14. The van der Waals surface area contributed by atoms with E-state index in [0.29, 0.717) is 11.2 Å². The summed E-state index contributed by atoms with van der Waals surface area (Å²) in [5.41, 5.74) is 0.944. The maximum Gasteiger partial charge on any atom is 0.147 e. The number of aliphatic hydroxyl groups is 1. The van der Waals surface area contributed by atoms with Crippen LogP contribution in [0.2, 0.25) is 5.15 Å². The summed E-state index contributed by atoms with van der Waals surface area (Å²) in [6.07, 6.45) is 7.96. The van der Waals surface area contributed by atoms with Gasteiger partial charge in [0.05, 0.1) is 18.1 Å². The molecule has 0 spiro atoms. The lowest BCUT2D eigenvalue weighted by Gasteiger charge is -2.37. The van der Waals surface area contributed by atoms with E-state index in [2.05, 4.69) is 14.9 Å². The fraction of sp³-hybridized carbons (Fsp3) is 0.667. The highest BCUT2D eigenvalue weighted by molar-refractivity contribution is 6.29. The van der Waals surface area contributed by atoms with Crippen LogP contribution in [0.4, 0.5) is 0 Å². The van der Waals surface area contributed by atoms with Crippen molar-refractivity contribution in [2.45, 2.75) is 38.3 Å². The van der Waals surface area contributed by atoms with Gasteiger partial charge in [0, 0.05) is 25.7 Å². The summed E-state index contributed by atoms with van der Waals surface area (Å²) in [6, 6.07) is 0.652. The molecule has 0 radical (unpaired) electrons. The van der Waals surface area contributed by atoms with Crippen molar-refractivity contribution in [1.29, 1.82) is 0 Å². The zero-order chi connectivity index (χ0) is 12.1. The summed E-state index contributed by atoms with van der Waals surface area (Å²) >= 11 is 5.71. The second-order valence-electron chi connectivity index (χ2n) is 4.46. The molecule has 1 N–H and O–H groups in total. The van der Waals surface area contributed by atoms with Crippen LogP contribution < -0.4 is 0 Å². The molecule has 0 aromatic carbocycles. The number of halogens is 1. The molecule has 1 aliphatic carbocycles. The van der Waals surface area contributed by atoms with E-state index in [4.69, 9.17) is 16.7 Å². The summed E-state index contributed by atoms with van der Waals surface area (Å²) in [4.78, 5) is 10.7. The molecule has 0 bridgehead atoms. The third-order valence-corrected chi connectivity index (χ3v) is 3.43. The number of hydrogen-bond acceptors (Lipinski definition) is 4. The van der Waals surface area contributed by atoms with Gasteiger partial charge in [0.15, 0.2) is 0 Å². The first-order valence-electron chi connectivity index (χ1n) is 6.11. The number of aliphatic hydroxyl groups excluding tert-OH is 1. The van der Waals surface area contributed by atoms with E-state index in [0.717, 1.165) is 25.2 Å². The SMILES string of the molecule is OCCCN(Cc1cnc(Cl)cn1)C1CCC1. The highest BCUT2D eigenvalue weighted by Gasteiger charge is 2.24. The Bertz CT molecular complexity index is 340. The standard InChI is InChI=1S/C12H18ClN3O/c13-12-8-14-10(7-15-12)9-16(5-2-6-17)11-3-1-4-11/h7-8,11,17H,1-6,9H2. The van der Waals surface area contributed by atoms with Crippen molar-refractivity contribution < 1.29 is 5.11 Å². The quantitative estimate of drug-likeness (QED) is 0.843. The first-order valence-corrected chi connectivity index (χ1v) is 6.48. The fourth-order valence-electron chi connectivity index (χ4n) is 2.05. The van der Waals surface area contributed by atoms with Crippen LogP contribution in [0.1, 0.15) is 31.4 Å². The van der Waals surface area contributed by atoms with Gasteiger partial charge in [-0.3, -0.25) is 9.88 Å². The molecule has 0 saturated heterocycles. The third kappa shape index (κ3) is 3.63. The number of rotatable bonds is 6. The lowest BCUT2D eigenvalue weighted by Crippen LogP contribution is -2.40. The highest BCUT2D eigenvalue weighted by Crippen LogP contribution is 2.26. The van der Waals surface area contributed by atoms with Crippen LogP contribution in [-0.4, -0.2) is 39.2 Å². The van der Waals surface area contributed by atoms with Gasteiger partial charge in [-0.1, -0.05) is 18.0 Å². The Morgan fingerprint density at radius 3 is 2.71 bits per heavy atom. The molecular formula is C12H18ClN3O. The minimum absolute atomic E-state index is 0.246. The van der Waals surface area contributed by atoms with Crippen LogP contribution in [0.15, 0.2) is 12.4 Å². The molecular weight excluding hydrogens is 238 g/mol. The molecule has 17 heavy (non-hydrogen) atoms. The van der Waals surface area contributed by atoms with E-state index in [1.807, 2.05) is 0 Å². The van der Waals surface area contributed by atoms with Crippen molar-refractivity contribution in [3.8, 4) is 0 Å². The maximum absolute atomic E-state index is 8.92. The summed E-state index contributed by atoms with van der Waals surface area (Å²) < 4.78 is 0. The average molecular weight is 256 g/mol. The predicted molar refractivity (Wildman–Crippen MR) is 66.8 cm³/mol. The Morgan fingerprint density at radius 2 is 2.18 bits per heavy atom. The summed E-state index contributed by atoms with van der Waals surface area (Å²) in [7, 11) is 0. The van der Waals surface area contributed by atoms with Crippen LogP contribution in [0, 0.1) is 0 Å². The molecule has 1 aliphatic rings. The molecule has 1 aromatic rings. The van der Waals surface area contributed by atoms with Crippen LogP contribution in [0.25, 0.3) is 0 Å². The second kappa shape index (κ2) is 6.28. The van der Waals surface area contributed by atoms with Crippen molar-refractivity contribution in [3.63, 3.8) is 0 Å². The number of nitrogens with zero attached hydrogens (tertiary/aromatic N) is 3. The van der Waals surface area contributed by atoms with Crippen LogP contribution in [-0.2, 0) is 6.54 Å². The molecule has 0 unspecified atom stereocenters. The molecule has 0 atom stereocenters. The summed E-state index contributed by atoms with van der Waals surface area (Å²) in [5, 5.41) is 9.35. The zero-order valence-electron chi connectivity index (χ0n) is 9.85. The number of aromatic nitrogens is 2. The van der Waals surface area contributed by atoms with Gasteiger partial charge in [0.1, 0.15) is 5.15 Å². The van der Waals surface area contributed by atoms with E-state index in [1.54, 1.807) is 12.4 Å². The summed E-state index contributed by atoms with van der Waals surface area (Å²) in [6.45, 7) is 1.97. The first-order chi connectivity index (χ1) is 8.29. The Labute approximate surface area is 107 Å². The Balaban J connectivity index is 1.93. The van der Waals surface area contributed by atoms with Gasteiger partial charge in [-0.05, 0) is 19.3 Å². The predicted octanol–water partition coefficient (Wildman–Crippen LogP) is 1.87. The molecule has 1 heterocycles. The third-order valence-electron chi connectivity index (χ3n) is 3.23. The molecule has 1 fully saturated rings. The average Bonchev–Trinajstić information content (AvgIpc) is 2.26. The van der Waals surface area contributed by atoms with Gasteiger partial charge < -0.3 is 5.11 Å². The molecule has 1 saturated carbocycles. The van der Waals surface area contributed by atoms with E-state index in [1.165, 1.54) is 19.3 Å². The van der Waals surface area contributed by atoms with E-state index >= 15 is 0 Å². The van der Waals surface area contributed by atoms with E-state index < -0.39 is 0 Å². The molecule has 2 rings (SSSR count). The lowest BCUT2D eigenvalue weighted by atomic mass is 9.91. The van der Waals surface area contributed by atoms with Crippen LogP contribution in [0.3, 0.4) is 0 Å². The monoisotopic (exact) mass is 255 g/mol. The van der Waals surface area contributed by atoms with Crippen molar-refractivity contribution >= 4 is 11.6 Å². The Kier molecular flexibility index (Phi) is 4.71. The van der Waals surface area contributed by atoms with Gasteiger partial charge in [-0.2, -0.15) is 0 Å². The van der Waals surface area contributed by atoms with Gasteiger partial charge in [0.25, 0.3) is 0 Å². The van der Waals surface area contributed by atoms with Crippen molar-refractivity contribution in [2.75, 3.05) is 13.2 Å². The van der Waals surface area contributed by atoms with Crippen LogP contribution >= 0.6 is 11.6 Å². The Hall–Kier alpha value is -0.710. The molecule has 0 aliphatic heterocycles. The van der Waals surface area contributed by atoms with Gasteiger partial charge >= 0.3 is 0 Å². The second-order valence-corrected chi connectivity index (χ2v) is 4.85. The minimum Gasteiger partial charge on any atom is -0.396 e. The normalized spacial score (nSPS) is 16.2.